The molecule has 0 radical (unpaired) electrons. The van der Waals surface area contributed by atoms with Gasteiger partial charge in [0.25, 0.3) is 0 Å². The molecule has 1 unspecified atom stereocenters. The highest BCUT2D eigenvalue weighted by Gasteiger charge is 2.32. The van der Waals surface area contributed by atoms with Crippen LogP contribution in [-0.4, -0.2) is 12.9 Å². The molecule has 3 nitrogen and oxygen atoms in total. The van der Waals surface area contributed by atoms with Crippen LogP contribution in [0, 0.1) is 5.82 Å². The number of carbonyl (C=O) groups excluding carboxylic acids is 1. The predicted molar refractivity (Wildman–Crippen MR) is 75.3 cm³/mol. The normalized spacial score (nSPS) is 13.6. The fraction of sp³-hybridized carbons (Fsp3) is 0.188. The maximum atomic E-state index is 14.0. The molecular weight excluding hydrogens is 257 g/mol. The van der Waals surface area contributed by atoms with Gasteiger partial charge in [-0.05, 0) is 24.6 Å². The fourth-order valence-corrected chi connectivity index (χ4v) is 2.00. The van der Waals surface area contributed by atoms with Gasteiger partial charge in [-0.2, -0.15) is 0 Å². The van der Waals surface area contributed by atoms with Crippen molar-refractivity contribution in [3.05, 3.63) is 65.5 Å². The standard InChI is InChI=1S/C16H16FNO2/c1-16(18,11-6-4-3-5-7-11)15(19)13-9-8-12(20-2)10-14(13)17/h3-10H,18H2,1-2H3. The van der Waals surface area contributed by atoms with Crippen LogP contribution in [0.1, 0.15) is 22.8 Å². The van der Waals surface area contributed by atoms with E-state index < -0.39 is 17.1 Å². The summed E-state index contributed by atoms with van der Waals surface area (Å²) in [5.41, 5.74) is 5.42. The van der Waals surface area contributed by atoms with Gasteiger partial charge in [-0.3, -0.25) is 4.79 Å². The Morgan fingerprint density at radius 1 is 1.20 bits per heavy atom. The van der Waals surface area contributed by atoms with Crippen molar-refractivity contribution >= 4 is 5.78 Å². The maximum Gasteiger partial charge on any atom is 0.189 e. The molecule has 0 aromatic heterocycles. The fourth-order valence-electron chi connectivity index (χ4n) is 2.00. The lowest BCUT2D eigenvalue weighted by atomic mass is 9.85. The lowest BCUT2D eigenvalue weighted by Crippen LogP contribution is -2.42. The van der Waals surface area contributed by atoms with Crippen molar-refractivity contribution in [2.45, 2.75) is 12.5 Å². The van der Waals surface area contributed by atoms with Crippen molar-refractivity contribution in [3.63, 3.8) is 0 Å². The van der Waals surface area contributed by atoms with Gasteiger partial charge in [0.1, 0.15) is 17.1 Å². The van der Waals surface area contributed by atoms with Crippen molar-refractivity contribution in [3.8, 4) is 5.75 Å². The number of hydrogen-bond acceptors (Lipinski definition) is 3. The molecule has 0 fully saturated rings. The molecule has 4 heteroatoms. The first-order chi connectivity index (χ1) is 9.46. The van der Waals surface area contributed by atoms with Gasteiger partial charge in [0.15, 0.2) is 5.78 Å². The summed E-state index contributed by atoms with van der Waals surface area (Å²) in [6.45, 7) is 1.58. The van der Waals surface area contributed by atoms with Crippen LogP contribution in [0.25, 0.3) is 0 Å². The number of methoxy groups -OCH3 is 1. The topological polar surface area (TPSA) is 52.3 Å². The quantitative estimate of drug-likeness (QED) is 0.871. The number of halogens is 1. The highest BCUT2D eigenvalue weighted by molar-refractivity contribution is 6.03. The van der Waals surface area contributed by atoms with Gasteiger partial charge < -0.3 is 10.5 Å². The number of carbonyl (C=O) groups is 1. The minimum atomic E-state index is -1.28. The van der Waals surface area contributed by atoms with Crippen LogP contribution in [0.4, 0.5) is 4.39 Å². The molecule has 20 heavy (non-hydrogen) atoms. The van der Waals surface area contributed by atoms with Gasteiger partial charge in [-0.1, -0.05) is 30.3 Å². The third-order valence-corrected chi connectivity index (χ3v) is 3.27. The molecule has 0 spiro atoms. The Morgan fingerprint density at radius 3 is 2.40 bits per heavy atom. The van der Waals surface area contributed by atoms with Crippen molar-refractivity contribution in [1.29, 1.82) is 0 Å². The van der Waals surface area contributed by atoms with E-state index in [0.717, 1.165) is 0 Å². The minimum absolute atomic E-state index is 0.0420. The van der Waals surface area contributed by atoms with Crippen molar-refractivity contribution in [2.75, 3.05) is 7.11 Å². The summed E-state index contributed by atoms with van der Waals surface area (Å²) in [6, 6.07) is 13.0. The monoisotopic (exact) mass is 273 g/mol. The van der Waals surface area contributed by atoms with Gasteiger partial charge in [-0.15, -0.1) is 0 Å². The zero-order valence-electron chi connectivity index (χ0n) is 11.4. The van der Waals surface area contributed by atoms with E-state index in [1.54, 1.807) is 31.2 Å². The molecule has 0 amide bonds. The molecule has 0 bridgehead atoms. The van der Waals surface area contributed by atoms with Gasteiger partial charge >= 0.3 is 0 Å². The van der Waals surface area contributed by atoms with Crippen LogP contribution in [0.5, 0.6) is 5.75 Å². The Bertz CT molecular complexity index is 624. The summed E-state index contributed by atoms with van der Waals surface area (Å²) >= 11 is 0. The van der Waals surface area contributed by atoms with Crippen LogP contribution >= 0.6 is 0 Å². The summed E-state index contributed by atoms with van der Waals surface area (Å²) in [7, 11) is 1.44. The molecule has 2 rings (SSSR count). The summed E-state index contributed by atoms with van der Waals surface area (Å²) in [5.74, 6) is -0.747. The molecule has 0 saturated heterocycles. The number of hydrogen-bond donors (Lipinski definition) is 1. The molecule has 104 valence electrons. The van der Waals surface area contributed by atoms with Crippen LogP contribution in [0.3, 0.4) is 0 Å². The molecule has 1 atom stereocenters. The third kappa shape index (κ3) is 2.56. The molecule has 0 heterocycles. The number of ketones is 1. The van der Waals surface area contributed by atoms with E-state index in [1.165, 1.54) is 25.3 Å². The lowest BCUT2D eigenvalue weighted by molar-refractivity contribution is 0.0895. The summed E-state index contributed by atoms with van der Waals surface area (Å²) in [6.07, 6.45) is 0. The number of Topliss-reactive ketones (excluding diaryl/α,β-unsaturated/α-hetero) is 1. The predicted octanol–water partition coefficient (Wildman–Crippen LogP) is 2.89. The maximum absolute atomic E-state index is 14.0. The Labute approximate surface area is 117 Å². The van der Waals surface area contributed by atoms with E-state index >= 15 is 0 Å². The van der Waals surface area contributed by atoms with Gasteiger partial charge in [0.05, 0.1) is 12.7 Å². The molecule has 0 aliphatic rings. The van der Waals surface area contributed by atoms with Crippen LogP contribution in [0.2, 0.25) is 0 Å². The smallest absolute Gasteiger partial charge is 0.189 e. The Morgan fingerprint density at radius 2 is 1.85 bits per heavy atom. The summed E-state index contributed by atoms with van der Waals surface area (Å²) < 4.78 is 18.9. The number of nitrogens with two attached hydrogens (primary N) is 1. The Hall–Kier alpha value is -2.20. The number of benzene rings is 2. The Kier molecular flexibility index (Phi) is 3.86. The molecule has 0 aliphatic carbocycles. The van der Waals surface area contributed by atoms with E-state index in [1.807, 2.05) is 6.07 Å². The summed E-state index contributed by atoms with van der Waals surface area (Å²) in [4.78, 5) is 12.5. The first-order valence-electron chi connectivity index (χ1n) is 6.19. The first-order valence-corrected chi connectivity index (χ1v) is 6.19. The number of rotatable bonds is 4. The van der Waals surface area contributed by atoms with E-state index in [-0.39, 0.29) is 5.56 Å². The van der Waals surface area contributed by atoms with Gasteiger partial charge in [0.2, 0.25) is 0 Å². The third-order valence-electron chi connectivity index (χ3n) is 3.27. The van der Waals surface area contributed by atoms with Crippen LogP contribution in [0.15, 0.2) is 48.5 Å². The molecule has 2 N–H and O–H groups in total. The van der Waals surface area contributed by atoms with Crippen molar-refractivity contribution in [2.24, 2.45) is 5.73 Å². The van der Waals surface area contributed by atoms with E-state index in [4.69, 9.17) is 10.5 Å². The summed E-state index contributed by atoms with van der Waals surface area (Å²) in [5, 5.41) is 0. The second-order valence-electron chi connectivity index (χ2n) is 4.74. The second-order valence-corrected chi connectivity index (χ2v) is 4.74. The van der Waals surface area contributed by atoms with Crippen LogP contribution in [-0.2, 0) is 5.54 Å². The minimum Gasteiger partial charge on any atom is -0.497 e. The highest BCUT2D eigenvalue weighted by atomic mass is 19.1. The van der Waals surface area contributed by atoms with Crippen LogP contribution < -0.4 is 10.5 Å². The molecule has 0 saturated carbocycles. The van der Waals surface area contributed by atoms with E-state index in [2.05, 4.69) is 0 Å². The molecule has 0 aliphatic heterocycles. The second kappa shape index (κ2) is 5.43. The van der Waals surface area contributed by atoms with Crippen molar-refractivity contribution in [1.82, 2.24) is 0 Å². The zero-order valence-corrected chi connectivity index (χ0v) is 11.4. The molecular formula is C16H16FNO2. The van der Waals surface area contributed by atoms with Crippen molar-refractivity contribution < 1.29 is 13.9 Å². The van der Waals surface area contributed by atoms with Gasteiger partial charge in [0, 0.05) is 6.07 Å². The van der Waals surface area contributed by atoms with Gasteiger partial charge in [-0.25, -0.2) is 4.39 Å². The zero-order chi connectivity index (χ0) is 14.8. The lowest BCUT2D eigenvalue weighted by Gasteiger charge is -2.24. The van der Waals surface area contributed by atoms with E-state index in [9.17, 15) is 9.18 Å². The SMILES string of the molecule is COc1ccc(C(=O)C(C)(N)c2ccccc2)c(F)c1. The average molecular weight is 273 g/mol. The van der Waals surface area contributed by atoms with E-state index in [0.29, 0.717) is 11.3 Å². The number of ether oxygens (including phenoxy) is 1. The average Bonchev–Trinajstić information content (AvgIpc) is 2.47. The highest BCUT2D eigenvalue weighted by Crippen LogP contribution is 2.25. The molecule has 2 aromatic carbocycles. The first kappa shape index (κ1) is 14.2. The Balaban J connectivity index is 2.41. The molecule has 2 aromatic rings. The largest absolute Gasteiger partial charge is 0.497 e.